The molecule has 0 spiro atoms. The summed E-state index contributed by atoms with van der Waals surface area (Å²) in [7, 11) is 2.20. The predicted octanol–water partition coefficient (Wildman–Crippen LogP) is 1.28. The van der Waals surface area contributed by atoms with Crippen LogP contribution in [0.4, 0.5) is 0 Å². The van der Waals surface area contributed by atoms with E-state index in [9.17, 15) is 0 Å². The summed E-state index contributed by atoms with van der Waals surface area (Å²) >= 11 is 0. The summed E-state index contributed by atoms with van der Waals surface area (Å²) in [5, 5.41) is 0. The Morgan fingerprint density at radius 1 is 1.23 bits per heavy atom. The van der Waals surface area contributed by atoms with E-state index in [1.807, 2.05) is 0 Å². The van der Waals surface area contributed by atoms with Crippen LogP contribution < -0.4 is 0 Å². The largest absolute Gasteiger partial charge is 0.304 e. The van der Waals surface area contributed by atoms with Crippen molar-refractivity contribution in [3.8, 4) is 12.8 Å². The molecule has 1 atom stereocenters. The first-order valence-corrected chi connectivity index (χ1v) is 4.89. The van der Waals surface area contributed by atoms with Gasteiger partial charge in [-0.15, -0.1) is 12.8 Å². The second kappa shape index (κ2) is 6.01. The Morgan fingerprint density at radius 3 is 2.15 bits per heavy atom. The lowest BCUT2D eigenvalue weighted by Crippen LogP contribution is -2.52. The maximum Gasteiger partial charge on any atom is 0.0198 e. The van der Waals surface area contributed by atoms with Gasteiger partial charge in [0.15, 0.2) is 0 Å². The van der Waals surface area contributed by atoms with Gasteiger partial charge in [0.1, 0.15) is 0 Å². The second-order valence-corrected chi connectivity index (χ2v) is 3.94. The molecule has 0 amide bonds. The van der Waals surface area contributed by atoms with Crippen molar-refractivity contribution in [1.82, 2.24) is 9.80 Å². The van der Waals surface area contributed by atoms with Crippen LogP contribution in [0.5, 0.6) is 0 Å². The van der Waals surface area contributed by atoms with Gasteiger partial charge in [-0.3, -0.25) is 4.90 Å². The van der Waals surface area contributed by atoms with E-state index >= 15 is 0 Å². The van der Waals surface area contributed by atoms with Crippen LogP contribution in [0.1, 0.15) is 20.8 Å². The van der Waals surface area contributed by atoms with Crippen molar-refractivity contribution in [3.05, 3.63) is 0 Å². The molecule has 2 nitrogen and oxygen atoms in total. The van der Waals surface area contributed by atoms with Crippen LogP contribution in [0.2, 0.25) is 0 Å². The predicted molar refractivity (Wildman–Crippen MR) is 58.7 cm³/mol. The van der Waals surface area contributed by atoms with E-state index in [1.54, 1.807) is 0 Å². The van der Waals surface area contributed by atoms with Crippen molar-refractivity contribution in [1.29, 1.82) is 0 Å². The molecule has 0 aromatic heterocycles. The Balaban J connectivity index is 0.000000671. The summed E-state index contributed by atoms with van der Waals surface area (Å²) in [5.41, 5.74) is 0. The highest BCUT2D eigenvalue weighted by molar-refractivity contribution is 4.79. The highest BCUT2D eigenvalue weighted by atomic mass is 15.3. The number of rotatable bonds is 1. The van der Waals surface area contributed by atoms with Crippen LogP contribution in [0, 0.1) is 12.8 Å². The molecule has 0 aromatic carbocycles. The van der Waals surface area contributed by atoms with E-state index in [0.29, 0.717) is 6.04 Å². The summed E-state index contributed by atoms with van der Waals surface area (Å²) in [6.07, 6.45) is 8.00. The third-order valence-electron chi connectivity index (χ3n) is 2.55. The quantitative estimate of drug-likeness (QED) is 0.564. The second-order valence-electron chi connectivity index (χ2n) is 3.94. The Labute approximate surface area is 82.9 Å². The van der Waals surface area contributed by atoms with Gasteiger partial charge in [-0.25, -0.2) is 0 Å². The fourth-order valence-electron chi connectivity index (χ4n) is 1.92. The normalized spacial score (nSPS) is 25.3. The molecule has 2 heteroatoms. The molecule has 1 heterocycles. The van der Waals surface area contributed by atoms with Gasteiger partial charge in [-0.2, -0.15) is 0 Å². The molecule has 0 unspecified atom stereocenters. The minimum atomic E-state index is 0.707. The molecule has 1 rings (SSSR count). The zero-order valence-corrected chi connectivity index (χ0v) is 9.33. The molecule has 13 heavy (non-hydrogen) atoms. The number of hydrogen-bond donors (Lipinski definition) is 0. The van der Waals surface area contributed by atoms with Crippen molar-refractivity contribution in [2.45, 2.75) is 32.9 Å². The molecule has 0 aromatic rings. The fraction of sp³-hybridized carbons (Fsp3) is 0.818. The summed E-state index contributed by atoms with van der Waals surface area (Å²) in [4.78, 5) is 4.98. The highest BCUT2D eigenvalue weighted by Gasteiger charge is 2.22. The SMILES string of the molecule is C#C.CC(C)N1CCN(C)C[C@H]1C. The van der Waals surface area contributed by atoms with Crippen LogP contribution in [-0.2, 0) is 0 Å². The minimum absolute atomic E-state index is 0.707. The van der Waals surface area contributed by atoms with E-state index < -0.39 is 0 Å². The monoisotopic (exact) mass is 182 g/mol. The lowest BCUT2D eigenvalue weighted by Gasteiger charge is -2.40. The summed E-state index contributed by atoms with van der Waals surface area (Å²) in [6.45, 7) is 10.6. The summed E-state index contributed by atoms with van der Waals surface area (Å²) < 4.78 is 0. The fourth-order valence-corrected chi connectivity index (χ4v) is 1.92. The van der Waals surface area contributed by atoms with Crippen LogP contribution in [0.15, 0.2) is 0 Å². The first-order chi connectivity index (χ1) is 6.11. The molecule has 0 bridgehead atoms. The van der Waals surface area contributed by atoms with Gasteiger partial charge >= 0.3 is 0 Å². The maximum absolute atomic E-state index is 4.00. The Bertz CT molecular complexity index is 151. The smallest absolute Gasteiger partial charge is 0.0198 e. The first kappa shape index (κ1) is 12.5. The molecule has 0 aliphatic carbocycles. The zero-order valence-electron chi connectivity index (χ0n) is 9.33. The zero-order chi connectivity index (χ0) is 10.4. The lowest BCUT2D eigenvalue weighted by molar-refractivity contribution is 0.0741. The molecular weight excluding hydrogens is 160 g/mol. The Morgan fingerprint density at radius 2 is 1.77 bits per heavy atom. The molecule has 0 N–H and O–H groups in total. The van der Waals surface area contributed by atoms with Crippen molar-refractivity contribution in [2.75, 3.05) is 26.7 Å². The van der Waals surface area contributed by atoms with Gasteiger partial charge in [-0.05, 0) is 27.8 Å². The average Bonchev–Trinajstić information content (AvgIpc) is 2.07. The van der Waals surface area contributed by atoms with Crippen molar-refractivity contribution < 1.29 is 0 Å². The molecule has 1 saturated heterocycles. The summed E-state index contributed by atoms with van der Waals surface area (Å²) in [6, 6.07) is 1.44. The standard InChI is InChI=1S/C9H20N2.C2H2/c1-8(2)11-6-5-10(4)7-9(11)3;1-2/h8-9H,5-7H2,1-4H3;1-2H/t9-;/m1./s1. The first-order valence-electron chi connectivity index (χ1n) is 4.89. The number of hydrogen-bond acceptors (Lipinski definition) is 2. The van der Waals surface area contributed by atoms with Gasteiger partial charge in [-0.1, -0.05) is 0 Å². The number of terminal acetylenes is 1. The van der Waals surface area contributed by atoms with Crippen LogP contribution in [0.3, 0.4) is 0 Å². The number of nitrogens with zero attached hydrogens (tertiary/aromatic N) is 2. The van der Waals surface area contributed by atoms with Crippen LogP contribution in [-0.4, -0.2) is 48.6 Å². The van der Waals surface area contributed by atoms with Crippen LogP contribution in [0.25, 0.3) is 0 Å². The molecule has 1 aliphatic heterocycles. The minimum Gasteiger partial charge on any atom is -0.304 e. The maximum atomic E-state index is 4.00. The lowest BCUT2D eigenvalue weighted by atomic mass is 10.1. The van der Waals surface area contributed by atoms with Crippen molar-refractivity contribution in [3.63, 3.8) is 0 Å². The van der Waals surface area contributed by atoms with Crippen LogP contribution >= 0.6 is 0 Å². The summed E-state index contributed by atoms with van der Waals surface area (Å²) in [5.74, 6) is 0. The average molecular weight is 182 g/mol. The highest BCUT2D eigenvalue weighted by Crippen LogP contribution is 2.10. The van der Waals surface area contributed by atoms with Gasteiger partial charge in [0, 0.05) is 31.7 Å². The number of piperazine rings is 1. The van der Waals surface area contributed by atoms with E-state index in [1.165, 1.54) is 19.6 Å². The van der Waals surface area contributed by atoms with E-state index in [0.717, 1.165) is 6.04 Å². The topological polar surface area (TPSA) is 6.48 Å². The van der Waals surface area contributed by atoms with E-state index in [4.69, 9.17) is 0 Å². The van der Waals surface area contributed by atoms with Gasteiger partial charge in [0.25, 0.3) is 0 Å². The van der Waals surface area contributed by atoms with E-state index in [-0.39, 0.29) is 0 Å². The third-order valence-corrected chi connectivity index (χ3v) is 2.55. The van der Waals surface area contributed by atoms with E-state index in [2.05, 4.69) is 50.5 Å². The van der Waals surface area contributed by atoms with Crippen molar-refractivity contribution in [2.24, 2.45) is 0 Å². The number of likely N-dealkylation sites (N-methyl/N-ethyl adjacent to an activating group) is 1. The van der Waals surface area contributed by atoms with Gasteiger partial charge < -0.3 is 4.90 Å². The van der Waals surface area contributed by atoms with Gasteiger partial charge in [0.2, 0.25) is 0 Å². The van der Waals surface area contributed by atoms with Crippen molar-refractivity contribution >= 4 is 0 Å². The Hall–Kier alpha value is -0.520. The third kappa shape index (κ3) is 3.80. The molecule has 1 aliphatic rings. The van der Waals surface area contributed by atoms with Gasteiger partial charge in [0.05, 0.1) is 0 Å². The molecular formula is C11H22N2. The molecule has 0 saturated carbocycles. The molecule has 0 radical (unpaired) electrons. The Kier molecular flexibility index (Phi) is 5.77. The molecule has 1 fully saturated rings. The molecule has 76 valence electrons.